The molecule has 19 heavy (non-hydrogen) atoms. The van der Waals surface area contributed by atoms with Gasteiger partial charge in [0.05, 0.1) is 0 Å². The number of rotatable bonds is 6. The molecule has 3 nitrogen and oxygen atoms in total. The zero-order valence-electron chi connectivity index (χ0n) is 11.4. The number of benzene rings is 1. The molecule has 1 aliphatic rings. The molecule has 1 aromatic carbocycles. The first-order chi connectivity index (χ1) is 9.06. The van der Waals surface area contributed by atoms with E-state index < -0.39 is 0 Å². The second kappa shape index (κ2) is 6.15. The van der Waals surface area contributed by atoms with Crippen molar-refractivity contribution in [3.8, 4) is 5.75 Å². The molecule has 1 aromatic rings. The van der Waals surface area contributed by atoms with E-state index >= 15 is 0 Å². The predicted octanol–water partition coefficient (Wildman–Crippen LogP) is 2.48. The lowest BCUT2D eigenvalue weighted by atomic mass is 9.89. The highest BCUT2D eigenvalue weighted by Gasteiger charge is 2.29. The molecule has 0 radical (unpaired) electrons. The van der Waals surface area contributed by atoms with Crippen molar-refractivity contribution in [1.29, 1.82) is 0 Å². The van der Waals surface area contributed by atoms with Crippen LogP contribution in [-0.4, -0.2) is 25.0 Å². The molecule has 4 heteroatoms. The van der Waals surface area contributed by atoms with Crippen molar-refractivity contribution in [3.63, 3.8) is 0 Å². The zero-order chi connectivity index (χ0) is 13.8. The Morgan fingerprint density at radius 1 is 1.42 bits per heavy atom. The SMILES string of the molecule is CN[C@H]1C[C@@H](Oc2cc(F)cc(CCC(C)=O)c2)C1. The lowest BCUT2D eigenvalue weighted by Crippen LogP contribution is -2.45. The lowest BCUT2D eigenvalue weighted by molar-refractivity contribution is -0.116. The van der Waals surface area contributed by atoms with Crippen LogP contribution in [0.3, 0.4) is 0 Å². The van der Waals surface area contributed by atoms with Gasteiger partial charge in [-0.3, -0.25) is 0 Å². The Morgan fingerprint density at radius 2 is 2.16 bits per heavy atom. The van der Waals surface area contributed by atoms with Crippen LogP contribution in [-0.2, 0) is 11.2 Å². The second-order valence-corrected chi connectivity index (χ2v) is 5.19. The molecule has 0 spiro atoms. The quantitative estimate of drug-likeness (QED) is 0.858. The predicted molar refractivity (Wildman–Crippen MR) is 71.9 cm³/mol. The van der Waals surface area contributed by atoms with Crippen LogP contribution in [0, 0.1) is 5.82 Å². The van der Waals surface area contributed by atoms with Crippen LogP contribution in [0.2, 0.25) is 0 Å². The third-order valence-electron chi connectivity index (χ3n) is 3.50. The highest BCUT2D eigenvalue weighted by molar-refractivity contribution is 5.75. The fraction of sp³-hybridized carbons (Fsp3) is 0.533. The number of carbonyl (C=O) groups excluding carboxylic acids is 1. The Morgan fingerprint density at radius 3 is 2.79 bits per heavy atom. The van der Waals surface area contributed by atoms with Gasteiger partial charge in [-0.25, -0.2) is 4.39 Å². The number of hydrogen-bond acceptors (Lipinski definition) is 3. The molecule has 104 valence electrons. The Bertz CT molecular complexity index is 455. The third-order valence-corrected chi connectivity index (χ3v) is 3.50. The Hall–Kier alpha value is -1.42. The van der Waals surface area contributed by atoms with E-state index in [0.717, 1.165) is 18.4 Å². The van der Waals surface area contributed by atoms with E-state index in [0.29, 0.717) is 24.6 Å². The van der Waals surface area contributed by atoms with Gasteiger partial charge in [0.1, 0.15) is 23.5 Å². The summed E-state index contributed by atoms with van der Waals surface area (Å²) < 4.78 is 19.2. The van der Waals surface area contributed by atoms with Crippen molar-refractivity contribution in [1.82, 2.24) is 5.32 Å². The number of halogens is 1. The lowest BCUT2D eigenvalue weighted by Gasteiger charge is -2.35. The monoisotopic (exact) mass is 265 g/mol. The highest BCUT2D eigenvalue weighted by Crippen LogP contribution is 2.27. The Kier molecular flexibility index (Phi) is 4.53. The van der Waals surface area contributed by atoms with Gasteiger partial charge in [-0.05, 0) is 50.9 Å². The summed E-state index contributed by atoms with van der Waals surface area (Å²) in [6.07, 6.45) is 3.08. The van der Waals surface area contributed by atoms with Gasteiger partial charge in [0.15, 0.2) is 0 Å². The number of ether oxygens (including phenoxy) is 1. The van der Waals surface area contributed by atoms with Crippen molar-refractivity contribution in [2.75, 3.05) is 7.05 Å². The maximum atomic E-state index is 13.5. The van der Waals surface area contributed by atoms with Crippen LogP contribution in [0.4, 0.5) is 4.39 Å². The molecule has 2 rings (SSSR count). The van der Waals surface area contributed by atoms with Crippen molar-refractivity contribution < 1.29 is 13.9 Å². The summed E-state index contributed by atoms with van der Waals surface area (Å²) in [5.41, 5.74) is 0.815. The molecule has 0 heterocycles. The number of nitrogens with one attached hydrogen (secondary N) is 1. The van der Waals surface area contributed by atoms with E-state index in [1.165, 1.54) is 12.1 Å². The van der Waals surface area contributed by atoms with Gasteiger partial charge in [-0.1, -0.05) is 0 Å². The molecule has 0 aliphatic heterocycles. The highest BCUT2D eigenvalue weighted by atomic mass is 19.1. The van der Waals surface area contributed by atoms with Crippen LogP contribution >= 0.6 is 0 Å². The fourth-order valence-corrected chi connectivity index (χ4v) is 2.24. The first kappa shape index (κ1) is 14.0. The number of ketones is 1. The van der Waals surface area contributed by atoms with Crippen LogP contribution < -0.4 is 10.1 Å². The molecule has 1 N–H and O–H groups in total. The van der Waals surface area contributed by atoms with Crippen molar-refractivity contribution in [3.05, 3.63) is 29.6 Å². The van der Waals surface area contributed by atoms with Gasteiger partial charge >= 0.3 is 0 Å². The molecule has 0 atom stereocenters. The summed E-state index contributed by atoms with van der Waals surface area (Å²) in [7, 11) is 1.93. The molecule has 1 fully saturated rings. The van der Waals surface area contributed by atoms with Crippen LogP contribution in [0.15, 0.2) is 18.2 Å². The maximum Gasteiger partial charge on any atom is 0.130 e. The summed E-state index contributed by atoms with van der Waals surface area (Å²) in [6.45, 7) is 1.54. The van der Waals surface area contributed by atoms with Crippen molar-refractivity contribution in [2.24, 2.45) is 0 Å². The molecule has 0 aromatic heterocycles. The average Bonchev–Trinajstić information content (AvgIpc) is 2.30. The van der Waals surface area contributed by atoms with Gasteiger partial charge in [0, 0.05) is 18.5 Å². The first-order valence-electron chi connectivity index (χ1n) is 6.69. The first-order valence-corrected chi connectivity index (χ1v) is 6.69. The topological polar surface area (TPSA) is 38.3 Å². The molecule has 0 unspecified atom stereocenters. The Labute approximate surface area is 113 Å². The normalized spacial score (nSPS) is 21.8. The molecule has 0 bridgehead atoms. The van der Waals surface area contributed by atoms with Gasteiger partial charge in [-0.2, -0.15) is 0 Å². The van der Waals surface area contributed by atoms with Gasteiger partial charge in [-0.15, -0.1) is 0 Å². The van der Waals surface area contributed by atoms with E-state index in [1.54, 1.807) is 6.92 Å². The maximum absolute atomic E-state index is 13.5. The van der Waals surface area contributed by atoms with Crippen LogP contribution in [0.5, 0.6) is 5.75 Å². The summed E-state index contributed by atoms with van der Waals surface area (Å²) >= 11 is 0. The molecule has 0 saturated heterocycles. The van der Waals surface area contributed by atoms with Gasteiger partial charge in [0.25, 0.3) is 0 Å². The fourth-order valence-electron chi connectivity index (χ4n) is 2.24. The third kappa shape index (κ3) is 4.03. The van der Waals surface area contributed by atoms with Crippen LogP contribution in [0.1, 0.15) is 31.7 Å². The smallest absolute Gasteiger partial charge is 0.130 e. The van der Waals surface area contributed by atoms with Crippen LogP contribution in [0.25, 0.3) is 0 Å². The standard InChI is InChI=1S/C15H20FNO2/c1-10(18)3-4-11-5-12(16)7-14(6-11)19-15-8-13(9-15)17-2/h5-7,13,15,17H,3-4,8-9H2,1-2H3/t13-,15+. The minimum Gasteiger partial charge on any atom is -0.490 e. The summed E-state index contributed by atoms with van der Waals surface area (Å²) in [5.74, 6) is 0.376. The largest absolute Gasteiger partial charge is 0.490 e. The zero-order valence-corrected chi connectivity index (χ0v) is 11.4. The molecule has 1 aliphatic carbocycles. The van der Waals surface area contributed by atoms with Crippen molar-refractivity contribution >= 4 is 5.78 Å². The van der Waals surface area contributed by atoms with E-state index in [-0.39, 0.29) is 17.7 Å². The average molecular weight is 265 g/mol. The summed E-state index contributed by atoms with van der Waals surface area (Å²) in [4.78, 5) is 11.0. The van der Waals surface area contributed by atoms with E-state index in [1.807, 2.05) is 13.1 Å². The minimum absolute atomic E-state index is 0.114. The summed E-state index contributed by atoms with van der Waals surface area (Å²) in [6, 6.07) is 5.21. The molecule has 0 amide bonds. The summed E-state index contributed by atoms with van der Waals surface area (Å²) in [5, 5.41) is 3.18. The molecule has 1 saturated carbocycles. The van der Waals surface area contributed by atoms with E-state index in [4.69, 9.17) is 4.74 Å². The van der Waals surface area contributed by atoms with Gasteiger partial charge in [0.2, 0.25) is 0 Å². The Balaban J connectivity index is 1.95. The molecular formula is C15H20FNO2. The number of carbonyl (C=O) groups is 1. The molecular weight excluding hydrogens is 245 g/mol. The number of aryl methyl sites for hydroxylation is 1. The number of hydrogen-bond donors (Lipinski definition) is 1. The van der Waals surface area contributed by atoms with Gasteiger partial charge < -0.3 is 14.8 Å². The van der Waals surface area contributed by atoms with Crippen molar-refractivity contribution in [2.45, 2.75) is 44.8 Å². The second-order valence-electron chi connectivity index (χ2n) is 5.19. The van der Waals surface area contributed by atoms with E-state index in [9.17, 15) is 9.18 Å². The van der Waals surface area contributed by atoms with E-state index in [2.05, 4.69) is 5.32 Å². The number of Topliss-reactive ketones (excluding diaryl/α,β-unsaturated/α-hetero) is 1. The minimum atomic E-state index is -0.305.